The molecule has 0 bridgehead atoms. The Bertz CT molecular complexity index is 290. The second-order valence-corrected chi connectivity index (χ2v) is 2.72. The summed E-state index contributed by atoms with van der Waals surface area (Å²) < 4.78 is 0. The molecule has 0 fully saturated rings. The SMILES string of the molecule is O=C(O)COOC(=O)CCC(=O)OOCC(=O)O. The number of hydrogen-bond acceptors (Lipinski definition) is 8. The van der Waals surface area contributed by atoms with Gasteiger partial charge in [0.25, 0.3) is 0 Å². The summed E-state index contributed by atoms with van der Waals surface area (Å²) in [5, 5.41) is 16.3. The van der Waals surface area contributed by atoms with Crippen molar-refractivity contribution in [2.24, 2.45) is 0 Å². The van der Waals surface area contributed by atoms with Crippen molar-refractivity contribution in [1.29, 1.82) is 0 Å². The average Bonchev–Trinajstić information content (AvgIpc) is 2.25. The van der Waals surface area contributed by atoms with Crippen LogP contribution < -0.4 is 0 Å². The van der Waals surface area contributed by atoms with Crippen molar-refractivity contribution in [3.63, 3.8) is 0 Å². The minimum atomic E-state index is -1.33. The molecule has 0 saturated carbocycles. The standard InChI is InChI=1S/C8H10O10/c9-5(10)3-15-17-7(13)1-2-8(14)18-16-4-6(11)12/h1-4H2,(H,9,10)(H,11,12). The monoisotopic (exact) mass is 266 g/mol. The Labute approximate surface area is 99.8 Å². The smallest absolute Gasteiger partial charge is 0.342 e. The molecule has 0 rings (SSSR count). The van der Waals surface area contributed by atoms with E-state index in [2.05, 4.69) is 19.6 Å². The fourth-order valence-electron chi connectivity index (χ4n) is 0.579. The molecule has 0 aromatic carbocycles. The molecule has 0 spiro atoms. The molecule has 0 aromatic heterocycles. The van der Waals surface area contributed by atoms with Crippen molar-refractivity contribution >= 4 is 23.9 Å². The van der Waals surface area contributed by atoms with Crippen molar-refractivity contribution in [1.82, 2.24) is 0 Å². The van der Waals surface area contributed by atoms with Crippen molar-refractivity contribution in [3.05, 3.63) is 0 Å². The number of aliphatic carboxylic acids is 2. The van der Waals surface area contributed by atoms with Crippen LogP contribution in [0.3, 0.4) is 0 Å². The Morgan fingerprint density at radius 3 is 1.33 bits per heavy atom. The molecule has 0 saturated heterocycles. The van der Waals surface area contributed by atoms with Gasteiger partial charge in [0.15, 0.2) is 13.2 Å². The number of carbonyl (C=O) groups excluding carboxylic acids is 2. The molecule has 0 heterocycles. The van der Waals surface area contributed by atoms with Gasteiger partial charge in [0.2, 0.25) is 0 Å². The normalized spacial score (nSPS) is 9.56. The third-order valence-electron chi connectivity index (χ3n) is 1.20. The number of carbonyl (C=O) groups is 4. The van der Waals surface area contributed by atoms with Crippen molar-refractivity contribution < 1.29 is 48.9 Å². The van der Waals surface area contributed by atoms with Gasteiger partial charge in [-0.25, -0.2) is 19.2 Å². The van der Waals surface area contributed by atoms with Crippen LogP contribution in [0.5, 0.6) is 0 Å². The van der Waals surface area contributed by atoms with E-state index in [9.17, 15) is 19.2 Å². The summed E-state index contributed by atoms with van der Waals surface area (Å²) in [5.41, 5.74) is 0. The van der Waals surface area contributed by atoms with Gasteiger partial charge >= 0.3 is 23.9 Å². The van der Waals surface area contributed by atoms with Gasteiger partial charge in [0, 0.05) is 0 Å². The molecule has 0 atom stereocenters. The lowest BCUT2D eigenvalue weighted by atomic mass is 10.3. The van der Waals surface area contributed by atoms with E-state index in [4.69, 9.17) is 10.2 Å². The number of hydrogen-bond donors (Lipinski definition) is 2. The molecule has 10 heteroatoms. The first-order valence-corrected chi connectivity index (χ1v) is 4.50. The largest absolute Gasteiger partial charge is 0.479 e. The maximum absolute atomic E-state index is 10.8. The van der Waals surface area contributed by atoms with Gasteiger partial charge in [-0.15, -0.1) is 0 Å². The van der Waals surface area contributed by atoms with E-state index >= 15 is 0 Å². The lowest BCUT2D eigenvalue weighted by Crippen LogP contribution is -2.15. The third-order valence-corrected chi connectivity index (χ3v) is 1.20. The molecule has 0 aromatic rings. The quantitative estimate of drug-likeness (QED) is 0.388. The summed E-state index contributed by atoms with van der Waals surface area (Å²) >= 11 is 0. The predicted octanol–water partition coefficient (Wildman–Crippen LogP) is -1.11. The van der Waals surface area contributed by atoms with E-state index in [1.807, 2.05) is 0 Å². The third kappa shape index (κ3) is 10.3. The van der Waals surface area contributed by atoms with Crippen LogP contribution in [0.1, 0.15) is 12.8 Å². The van der Waals surface area contributed by atoms with Gasteiger partial charge in [-0.2, -0.15) is 9.78 Å². The Balaban J connectivity index is 3.56. The molecular weight excluding hydrogens is 256 g/mol. The molecular formula is C8H10O10. The van der Waals surface area contributed by atoms with E-state index in [1.165, 1.54) is 0 Å². The molecule has 0 aliphatic carbocycles. The second-order valence-electron chi connectivity index (χ2n) is 2.72. The highest BCUT2D eigenvalue weighted by Crippen LogP contribution is 1.97. The van der Waals surface area contributed by atoms with Crippen molar-refractivity contribution in [2.45, 2.75) is 12.8 Å². The second kappa shape index (κ2) is 8.90. The highest BCUT2D eigenvalue weighted by molar-refractivity contribution is 5.77. The zero-order chi connectivity index (χ0) is 14.0. The first-order valence-electron chi connectivity index (χ1n) is 4.50. The first-order chi connectivity index (χ1) is 8.41. The Morgan fingerprint density at radius 1 is 0.722 bits per heavy atom. The lowest BCUT2D eigenvalue weighted by molar-refractivity contribution is -0.276. The van der Waals surface area contributed by atoms with Gasteiger partial charge in [0.1, 0.15) is 0 Å². The maximum atomic E-state index is 10.8. The van der Waals surface area contributed by atoms with Crippen molar-refractivity contribution in [3.8, 4) is 0 Å². The number of carboxylic acid groups (broad SMARTS) is 2. The number of carboxylic acids is 2. The van der Waals surface area contributed by atoms with Crippen LogP contribution in [0.4, 0.5) is 0 Å². The molecule has 0 aliphatic rings. The van der Waals surface area contributed by atoms with E-state index in [0.29, 0.717) is 0 Å². The summed E-state index contributed by atoms with van der Waals surface area (Å²) in [6.45, 7) is -1.64. The minimum absolute atomic E-state index is 0.436. The average molecular weight is 266 g/mol. The molecule has 0 aliphatic heterocycles. The molecule has 10 nitrogen and oxygen atoms in total. The predicted molar refractivity (Wildman–Crippen MR) is 48.6 cm³/mol. The summed E-state index contributed by atoms with van der Waals surface area (Å²) in [6.07, 6.45) is -0.871. The van der Waals surface area contributed by atoms with Crippen LogP contribution in [0.2, 0.25) is 0 Å². The van der Waals surface area contributed by atoms with E-state index in [0.717, 1.165) is 0 Å². The fraction of sp³-hybridized carbons (Fsp3) is 0.500. The van der Waals surface area contributed by atoms with Gasteiger partial charge < -0.3 is 10.2 Å². The molecule has 18 heavy (non-hydrogen) atoms. The summed E-state index contributed by atoms with van der Waals surface area (Å²) in [6, 6.07) is 0. The zero-order valence-corrected chi connectivity index (χ0v) is 8.99. The molecule has 0 radical (unpaired) electrons. The summed E-state index contributed by atoms with van der Waals surface area (Å²) in [7, 11) is 0. The van der Waals surface area contributed by atoms with Crippen molar-refractivity contribution in [2.75, 3.05) is 13.2 Å². The summed E-state index contributed by atoms with van der Waals surface area (Å²) in [4.78, 5) is 57.5. The fourth-order valence-corrected chi connectivity index (χ4v) is 0.579. The zero-order valence-electron chi connectivity index (χ0n) is 8.99. The Morgan fingerprint density at radius 2 is 1.06 bits per heavy atom. The van der Waals surface area contributed by atoms with E-state index in [1.54, 1.807) is 0 Å². The molecule has 0 unspecified atom stereocenters. The van der Waals surface area contributed by atoms with E-state index < -0.39 is 49.9 Å². The molecule has 0 amide bonds. The van der Waals surface area contributed by atoms with Crippen LogP contribution in [0.15, 0.2) is 0 Å². The maximum Gasteiger partial charge on any atom is 0.342 e. The summed E-state index contributed by atoms with van der Waals surface area (Å²) in [5.74, 6) is -4.62. The number of rotatable bonds is 9. The topological polar surface area (TPSA) is 146 Å². The van der Waals surface area contributed by atoms with Gasteiger partial charge in [-0.3, -0.25) is 9.78 Å². The van der Waals surface area contributed by atoms with Gasteiger partial charge in [-0.05, 0) is 0 Å². The van der Waals surface area contributed by atoms with Gasteiger partial charge in [0.05, 0.1) is 12.8 Å². The highest BCUT2D eigenvalue weighted by atomic mass is 17.2. The van der Waals surface area contributed by atoms with Crippen LogP contribution in [-0.4, -0.2) is 47.3 Å². The first kappa shape index (κ1) is 15.8. The van der Waals surface area contributed by atoms with Crippen LogP contribution >= 0.6 is 0 Å². The minimum Gasteiger partial charge on any atom is -0.479 e. The van der Waals surface area contributed by atoms with E-state index in [-0.39, 0.29) is 0 Å². The molecule has 2 N–H and O–H groups in total. The van der Waals surface area contributed by atoms with Crippen LogP contribution in [-0.2, 0) is 38.7 Å². The lowest BCUT2D eigenvalue weighted by Gasteiger charge is -2.02. The Kier molecular flexibility index (Phi) is 7.81. The Hall–Kier alpha value is -2.20. The van der Waals surface area contributed by atoms with Crippen LogP contribution in [0, 0.1) is 0 Å². The highest BCUT2D eigenvalue weighted by Gasteiger charge is 2.12. The van der Waals surface area contributed by atoms with Crippen LogP contribution in [0.25, 0.3) is 0 Å². The molecule has 102 valence electrons. The van der Waals surface area contributed by atoms with Gasteiger partial charge in [-0.1, -0.05) is 0 Å².